The Labute approximate surface area is 117 Å². The van der Waals surface area contributed by atoms with Gasteiger partial charge in [0, 0.05) is 13.0 Å². The maximum atomic E-state index is 12.7. The van der Waals surface area contributed by atoms with Gasteiger partial charge in [0.05, 0.1) is 19.0 Å². The van der Waals surface area contributed by atoms with E-state index in [1.807, 2.05) is 19.1 Å². The van der Waals surface area contributed by atoms with Crippen molar-refractivity contribution in [3.63, 3.8) is 0 Å². The number of ketones is 1. The van der Waals surface area contributed by atoms with Crippen LogP contribution in [-0.4, -0.2) is 28.8 Å². The van der Waals surface area contributed by atoms with Gasteiger partial charge in [-0.25, -0.2) is 4.39 Å². The van der Waals surface area contributed by atoms with Gasteiger partial charge in [-0.3, -0.25) is 14.7 Å². The second kappa shape index (κ2) is 6.96. The van der Waals surface area contributed by atoms with E-state index in [0.717, 1.165) is 18.5 Å². The third kappa shape index (κ3) is 3.99. The zero-order valence-electron chi connectivity index (χ0n) is 11.4. The molecule has 0 bridgehead atoms. The minimum atomic E-state index is -0.436. The molecule has 0 saturated carbocycles. The lowest BCUT2D eigenvalue weighted by Gasteiger charge is -2.18. The molecule has 0 aliphatic carbocycles. The number of furan rings is 1. The molecule has 0 unspecified atom stereocenters. The van der Waals surface area contributed by atoms with E-state index in [1.165, 1.54) is 12.1 Å². The van der Waals surface area contributed by atoms with Crippen LogP contribution in [0.5, 0.6) is 0 Å². The summed E-state index contributed by atoms with van der Waals surface area (Å²) in [4.78, 5) is 17.9. The van der Waals surface area contributed by atoms with E-state index >= 15 is 0 Å². The number of pyridine rings is 1. The summed E-state index contributed by atoms with van der Waals surface area (Å²) >= 11 is 0. The molecule has 2 rings (SSSR count). The van der Waals surface area contributed by atoms with Gasteiger partial charge in [0.2, 0.25) is 0 Å². The Balaban J connectivity index is 1.86. The maximum Gasteiger partial charge on any atom is 0.182 e. The van der Waals surface area contributed by atoms with E-state index in [4.69, 9.17) is 4.42 Å². The van der Waals surface area contributed by atoms with E-state index in [9.17, 15) is 9.18 Å². The van der Waals surface area contributed by atoms with Crippen molar-refractivity contribution in [2.75, 3.05) is 13.1 Å². The largest absolute Gasteiger partial charge is 0.468 e. The third-order valence-electron chi connectivity index (χ3n) is 3.07. The van der Waals surface area contributed by atoms with Gasteiger partial charge in [-0.15, -0.1) is 0 Å². The predicted octanol–water partition coefficient (Wildman–Crippen LogP) is 2.91. The fourth-order valence-electron chi connectivity index (χ4n) is 1.90. The first-order valence-electron chi connectivity index (χ1n) is 6.58. The Morgan fingerprint density at radius 1 is 1.40 bits per heavy atom. The Morgan fingerprint density at radius 2 is 2.25 bits per heavy atom. The summed E-state index contributed by atoms with van der Waals surface area (Å²) in [5.74, 6) is 0.358. The highest BCUT2D eigenvalue weighted by molar-refractivity contribution is 5.94. The van der Waals surface area contributed by atoms with Crippen LogP contribution in [0.4, 0.5) is 4.39 Å². The van der Waals surface area contributed by atoms with Gasteiger partial charge in [0.25, 0.3) is 0 Å². The molecule has 2 aromatic heterocycles. The zero-order valence-corrected chi connectivity index (χ0v) is 11.4. The fourth-order valence-corrected chi connectivity index (χ4v) is 1.90. The summed E-state index contributed by atoms with van der Waals surface area (Å²) in [6.07, 6.45) is 3.05. The molecule has 0 aliphatic rings. The molecule has 0 amide bonds. The molecule has 0 fully saturated rings. The normalized spacial score (nSPS) is 10.9. The first-order valence-corrected chi connectivity index (χ1v) is 6.58. The molecule has 0 N–H and O–H groups in total. The highest BCUT2D eigenvalue weighted by Crippen LogP contribution is 2.07. The molecule has 5 heteroatoms. The van der Waals surface area contributed by atoms with Crippen molar-refractivity contribution in [2.45, 2.75) is 19.9 Å². The molecule has 106 valence electrons. The number of halogens is 1. The average Bonchev–Trinajstić information content (AvgIpc) is 2.96. The Kier molecular flexibility index (Phi) is 5.01. The lowest BCUT2D eigenvalue weighted by molar-refractivity contribution is 0.0956. The number of Topliss-reactive ketones (excluding diaryl/α,β-unsaturated/α-hetero) is 1. The van der Waals surface area contributed by atoms with Crippen LogP contribution in [0, 0.1) is 5.82 Å². The van der Waals surface area contributed by atoms with Crippen molar-refractivity contribution >= 4 is 5.78 Å². The minimum absolute atomic E-state index is 0.0807. The topological polar surface area (TPSA) is 46.3 Å². The van der Waals surface area contributed by atoms with Crippen molar-refractivity contribution in [2.24, 2.45) is 0 Å². The number of aromatic nitrogens is 1. The molecule has 2 heterocycles. The van der Waals surface area contributed by atoms with E-state index in [0.29, 0.717) is 25.2 Å². The average molecular weight is 276 g/mol. The lowest BCUT2D eigenvalue weighted by atomic mass is 10.2. The maximum absolute atomic E-state index is 12.7. The van der Waals surface area contributed by atoms with Gasteiger partial charge >= 0.3 is 0 Å². The molecule has 0 aliphatic heterocycles. The van der Waals surface area contributed by atoms with Crippen molar-refractivity contribution < 1.29 is 13.6 Å². The molecular weight excluding hydrogens is 259 g/mol. The van der Waals surface area contributed by atoms with E-state index in [1.54, 1.807) is 6.26 Å². The summed E-state index contributed by atoms with van der Waals surface area (Å²) in [6, 6.07) is 6.42. The van der Waals surface area contributed by atoms with Crippen molar-refractivity contribution in [3.8, 4) is 0 Å². The van der Waals surface area contributed by atoms with E-state index < -0.39 is 5.82 Å². The Hall–Kier alpha value is -2.01. The van der Waals surface area contributed by atoms with Crippen LogP contribution in [0.3, 0.4) is 0 Å². The zero-order chi connectivity index (χ0) is 14.4. The summed E-state index contributed by atoms with van der Waals surface area (Å²) in [7, 11) is 0. The van der Waals surface area contributed by atoms with Crippen molar-refractivity contribution in [1.29, 1.82) is 0 Å². The second-order valence-corrected chi connectivity index (χ2v) is 4.48. The monoisotopic (exact) mass is 276 g/mol. The molecule has 2 aromatic rings. The summed E-state index contributed by atoms with van der Waals surface area (Å²) in [5, 5.41) is 0. The number of hydrogen-bond donors (Lipinski definition) is 0. The van der Waals surface area contributed by atoms with E-state index in [-0.39, 0.29) is 5.78 Å². The van der Waals surface area contributed by atoms with Gasteiger partial charge in [0.15, 0.2) is 5.78 Å². The standard InChI is InChI=1S/C15H17FN2O2/c1-2-18(11-13-4-3-9-20-13)8-7-15(19)14-6-5-12(16)10-17-14/h3-6,9-10H,2,7-8,11H2,1H3. The van der Waals surface area contributed by atoms with Crippen molar-refractivity contribution in [1.82, 2.24) is 9.88 Å². The predicted molar refractivity (Wildman–Crippen MR) is 72.8 cm³/mol. The number of carbonyl (C=O) groups excluding carboxylic acids is 1. The summed E-state index contributed by atoms with van der Waals surface area (Å²) < 4.78 is 18.0. The molecule has 4 nitrogen and oxygen atoms in total. The van der Waals surface area contributed by atoms with Crippen LogP contribution in [0.1, 0.15) is 29.6 Å². The van der Waals surface area contributed by atoms with Gasteiger partial charge in [-0.1, -0.05) is 6.92 Å². The molecule has 0 radical (unpaired) electrons. The minimum Gasteiger partial charge on any atom is -0.468 e. The summed E-state index contributed by atoms with van der Waals surface area (Å²) in [5.41, 5.74) is 0.306. The second-order valence-electron chi connectivity index (χ2n) is 4.48. The van der Waals surface area contributed by atoms with Crippen LogP contribution in [-0.2, 0) is 6.54 Å². The van der Waals surface area contributed by atoms with Gasteiger partial charge in [-0.2, -0.15) is 0 Å². The highest BCUT2D eigenvalue weighted by atomic mass is 19.1. The lowest BCUT2D eigenvalue weighted by Crippen LogP contribution is -2.25. The Bertz CT molecular complexity index is 538. The van der Waals surface area contributed by atoms with Gasteiger partial charge in [-0.05, 0) is 30.8 Å². The van der Waals surface area contributed by atoms with Gasteiger partial charge < -0.3 is 4.42 Å². The first kappa shape index (κ1) is 14.4. The van der Waals surface area contributed by atoms with Crippen LogP contribution < -0.4 is 0 Å². The van der Waals surface area contributed by atoms with Crippen LogP contribution in [0.2, 0.25) is 0 Å². The van der Waals surface area contributed by atoms with Crippen LogP contribution in [0.15, 0.2) is 41.1 Å². The quantitative estimate of drug-likeness (QED) is 0.729. The molecular formula is C15H17FN2O2. The Morgan fingerprint density at radius 3 is 2.85 bits per heavy atom. The number of hydrogen-bond acceptors (Lipinski definition) is 4. The molecule has 0 spiro atoms. The SMILES string of the molecule is CCN(CCC(=O)c1ccc(F)cn1)Cc1ccco1. The van der Waals surface area contributed by atoms with Crippen LogP contribution >= 0.6 is 0 Å². The van der Waals surface area contributed by atoms with Gasteiger partial charge in [0.1, 0.15) is 17.3 Å². The summed E-state index contributed by atoms with van der Waals surface area (Å²) in [6.45, 7) is 4.15. The molecule has 20 heavy (non-hydrogen) atoms. The number of rotatable bonds is 7. The highest BCUT2D eigenvalue weighted by Gasteiger charge is 2.11. The van der Waals surface area contributed by atoms with Crippen LogP contribution in [0.25, 0.3) is 0 Å². The van der Waals surface area contributed by atoms with Crippen molar-refractivity contribution in [3.05, 3.63) is 54.0 Å². The smallest absolute Gasteiger partial charge is 0.182 e. The third-order valence-corrected chi connectivity index (χ3v) is 3.07. The molecule has 0 saturated heterocycles. The molecule has 0 aromatic carbocycles. The molecule has 0 atom stereocenters. The number of carbonyl (C=O) groups is 1. The van der Waals surface area contributed by atoms with E-state index in [2.05, 4.69) is 9.88 Å². The fraction of sp³-hybridized carbons (Fsp3) is 0.333. The number of nitrogens with zero attached hydrogens (tertiary/aromatic N) is 2. The first-order chi connectivity index (χ1) is 9.69.